The van der Waals surface area contributed by atoms with Crippen LogP contribution in [0.25, 0.3) is 0 Å². The predicted molar refractivity (Wildman–Crippen MR) is 76.2 cm³/mol. The lowest BCUT2D eigenvalue weighted by Gasteiger charge is -2.27. The maximum Gasteiger partial charge on any atom is 0.327 e. The SMILES string of the molecule is CCCCCC1SCC(C(=O)O)N1C(=O)CNC(N)=O. The van der Waals surface area contributed by atoms with Crippen LogP contribution in [0.1, 0.15) is 32.6 Å². The second-order valence-electron chi connectivity index (χ2n) is 4.66. The van der Waals surface area contributed by atoms with Crippen LogP contribution in [0.5, 0.6) is 0 Å². The summed E-state index contributed by atoms with van der Waals surface area (Å²) in [7, 11) is 0. The number of carboxylic acids is 1. The summed E-state index contributed by atoms with van der Waals surface area (Å²) in [5, 5.41) is 11.3. The number of carboxylic acid groups (broad SMARTS) is 1. The molecule has 2 atom stereocenters. The molecule has 1 saturated heterocycles. The molecule has 0 aromatic heterocycles. The van der Waals surface area contributed by atoms with Gasteiger partial charge in [0.1, 0.15) is 6.04 Å². The smallest absolute Gasteiger partial charge is 0.327 e. The van der Waals surface area contributed by atoms with E-state index in [1.165, 1.54) is 16.7 Å². The Balaban J connectivity index is 2.66. The third kappa shape index (κ3) is 4.59. The second-order valence-corrected chi connectivity index (χ2v) is 5.87. The molecular formula is C12H21N3O4S. The highest BCUT2D eigenvalue weighted by molar-refractivity contribution is 8.00. The standard InChI is InChI=1S/C12H21N3O4S/c1-2-3-4-5-10-15(8(7-20-10)11(17)18)9(16)6-14-12(13)19/h8,10H,2-7H2,1H3,(H,17,18)(H3,13,14,19). The zero-order chi connectivity index (χ0) is 15.1. The van der Waals surface area contributed by atoms with Gasteiger partial charge < -0.3 is 21.1 Å². The van der Waals surface area contributed by atoms with Gasteiger partial charge >= 0.3 is 12.0 Å². The summed E-state index contributed by atoms with van der Waals surface area (Å²) in [6.45, 7) is 1.82. The van der Waals surface area contributed by atoms with Crippen LogP contribution in [0, 0.1) is 0 Å². The zero-order valence-electron chi connectivity index (χ0n) is 11.5. The molecule has 1 heterocycles. The molecule has 0 aromatic rings. The number of nitrogens with one attached hydrogen (secondary N) is 1. The minimum atomic E-state index is -1.01. The Labute approximate surface area is 122 Å². The molecule has 0 saturated carbocycles. The third-order valence-corrected chi connectivity index (χ3v) is 4.49. The highest BCUT2D eigenvalue weighted by Gasteiger charge is 2.40. The van der Waals surface area contributed by atoms with Gasteiger partial charge in [0.25, 0.3) is 0 Å². The molecule has 1 rings (SSSR count). The molecule has 1 fully saturated rings. The average Bonchev–Trinajstić information content (AvgIpc) is 2.80. The number of rotatable bonds is 7. The van der Waals surface area contributed by atoms with Crippen molar-refractivity contribution in [2.75, 3.05) is 12.3 Å². The molecule has 7 nitrogen and oxygen atoms in total. The van der Waals surface area contributed by atoms with Crippen molar-refractivity contribution in [3.63, 3.8) is 0 Å². The van der Waals surface area contributed by atoms with E-state index >= 15 is 0 Å². The molecule has 1 aliphatic rings. The summed E-state index contributed by atoms with van der Waals surface area (Å²) in [6, 6.07) is -1.62. The largest absolute Gasteiger partial charge is 0.480 e. The van der Waals surface area contributed by atoms with Crippen molar-refractivity contribution in [3.8, 4) is 0 Å². The number of carbonyl (C=O) groups is 3. The molecule has 2 unspecified atom stereocenters. The van der Waals surface area contributed by atoms with Gasteiger partial charge in [-0.1, -0.05) is 26.2 Å². The van der Waals surface area contributed by atoms with Gasteiger partial charge in [0, 0.05) is 5.75 Å². The second kappa shape index (κ2) is 7.98. The Bertz CT molecular complexity index is 378. The Morgan fingerprint density at radius 1 is 1.40 bits per heavy atom. The van der Waals surface area contributed by atoms with Crippen LogP contribution >= 0.6 is 11.8 Å². The predicted octanol–water partition coefficient (Wildman–Crippen LogP) is 0.590. The highest BCUT2D eigenvalue weighted by atomic mass is 32.2. The van der Waals surface area contributed by atoms with Crippen molar-refractivity contribution < 1.29 is 19.5 Å². The minimum Gasteiger partial charge on any atom is -0.480 e. The fourth-order valence-corrected chi connectivity index (χ4v) is 3.60. The van der Waals surface area contributed by atoms with Gasteiger partial charge in [-0.05, 0) is 6.42 Å². The number of nitrogens with two attached hydrogens (primary N) is 1. The molecular weight excluding hydrogens is 282 g/mol. The zero-order valence-corrected chi connectivity index (χ0v) is 12.3. The van der Waals surface area contributed by atoms with Crippen molar-refractivity contribution in [2.24, 2.45) is 5.73 Å². The van der Waals surface area contributed by atoms with E-state index in [4.69, 9.17) is 5.73 Å². The molecule has 8 heteroatoms. The van der Waals surface area contributed by atoms with Crippen LogP contribution in [0.3, 0.4) is 0 Å². The first kappa shape index (κ1) is 16.6. The summed E-state index contributed by atoms with van der Waals surface area (Å²) in [5.74, 6) is -1.03. The number of urea groups is 1. The fourth-order valence-electron chi connectivity index (χ4n) is 2.13. The first-order valence-corrected chi connectivity index (χ1v) is 7.71. The highest BCUT2D eigenvalue weighted by Crippen LogP contribution is 2.32. The van der Waals surface area contributed by atoms with E-state index in [1.54, 1.807) is 0 Å². The number of hydrogen-bond donors (Lipinski definition) is 3. The summed E-state index contributed by atoms with van der Waals surface area (Å²) >= 11 is 1.48. The van der Waals surface area contributed by atoms with Gasteiger partial charge in [0.15, 0.2) is 0 Å². The summed E-state index contributed by atoms with van der Waals surface area (Å²) in [5.41, 5.74) is 4.92. The molecule has 0 aliphatic carbocycles. The van der Waals surface area contributed by atoms with E-state index in [9.17, 15) is 19.5 Å². The van der Waals surface area contributed by atoms with Crippen LogP contribution in [0.2, 0.25) is 0 Å². The van der Waals surface area contributed by atoms with Gasteiger partial charge in [-0.3, -0.25) is 4.79 Å². The maximum absolute atomic E-state index is 12.1. The number of unbranched alkanes of at least 4 members (excludes halogenated alkanes) is 2. The summed E-state index contributed by atoms with van der Waals surface area (Å²) in [4.78, 5) is 35.3. The number of primary amides is 1. The maximum atomic E-state index is 12.1. The van der Waals surface area contributed by atoms with Crippen LogP contribution in [0.15, 0.2) is 0 Å². The van der Waals surface area contributed by atoms with Gasteiger partial charge in [0.05, 0.1) is 11.9 Å². The number of amides is 3. The van der Waals surface area contributed by atoms with Gasteiger partial charge in [0.2, 0.25) is 5.91 Å². The van der Waals surface area contributed by atoms with Crippen molar-refractivity contribution in [1.29, 1.82) is 0 Å². The van der Waals surface area contributed by atoms with Crippen molar-refractivity contribution in [1.82, 2.24) is 10.2 Å². The molecule has 114 valence electrons. The number of hydrogen-bond acceptors (Lipinski definition) is 4. The van der Waals surface area contributed by atoms with Gasteiger partial charge in [-0.2, -0.15) is 0 Å². The number of nitrogens with zero attached hydrogens (tertiary/aromatic N) is 1. The summed E-state index contributed by atoms with van der Waals surface area (Å²) in [6.07, 6.45) is 3.84. The van der Waals surface area contributed by atoms with Gasteiger partial charge in [-0.25, -0.2) is 9.59 Å². The molecule has 0 spiro atoms. The number of carbonyl (C=O) groups excluding carboxylic acids is 2. The first-order chi connectivity index (χ1) is 9.47. The Hall–Kier alpha value is -1.44. The quantitative estimate of drug-likeness (QED) is 0.596. The van der Waals surface area contributed by atoms with Crippen molar-refractivity contribution in [2.45, 2.75) is 44.0 Å². The average molecular weight is 303 g/mol. The van der Waals surface area contributed by atoms with Gasteiger partial charge in [-0.15, -0.1) is 11.8 Å². The number of thioether (sulfide) groups is 1. The Morgan fingerprint density at radius 2 is 2.10 bits per heavy atom. The molecule has 3 amide bonds. The van der Waals surface area contributed by atoms with E-state index in [1.807, 2.05) is 0 Å². The fraction of sp³-hybridized carbons (Fsp3) is 0.750. The van der Waals surface area contributed by atoms with Crippen LogP contribution in [0.4, 0.5) is 4.79 Å². The molecule has 0 aromatic carbocycles. The van der Waals surface area contributed by atoms with E-state index in [2.05, 4.69) is 12.2 Å². The minimum absolute atomic E-state index is 0.134. The molecule has 0 bridgehead atoms. The summed E-state index contributed by atoms with van der Waals surface area (Å²) < 4.78 is 0. The first-order valence-electron chi connectivity index (χ1n) is 6.66. The molecule has 4 N–H and O–H groups in total. The van der Waals surface area contributed by atoms with E-state index in [0.717, 1.165) is 25.7 Å². The van der Waals surface area contributed by atoms with Crippen molar-refractivity contribution >= 4 is 29.7 Å². The lowest BCUT2D eigenvalue weighted by atomic mass is 10.1. The normalized spacial score (nSPS) is 21.8. The van der Waals surface area contributed by atoms with E-state index in [0.29, 0.717) is 5.75 Å². The molecule has 0 radical (unpaired) electrons. The lowest BCUT2D eigenvalue weighted by molar-refractivity contribution is -0.148. The van der Waals surface area contributed by atoms with Crippen LogP contribution in [-0.4, -0.2) is 51.6 Å². The Morgan fingerprint density at radius 3 is 2.65 bits per heavy atom. The van der Waals surface area contributed by atoms with Crippen LogP contribution < -0.4 is 11.1 Å². The Kier molecular flexibility index (Phi) is 6.63. The topological polar surface area (TPSA) is 113 Å². The third-order valence-electron chi connectivity index (χ3n) is 3.13. The molecule has 20 heavy (non-hydrogen) atoms. The monoisotopic (exact) mass is 303 g/mol. The lowest BCUT2D eigenvalue weighted by Crippen LogP contribution is -2.50. The van der Waals surface area contributed by atoms with Crippen molar-refractivity contribution in [3.05, 3.63) is 0 Å². The van der Waals surface area contributed by atoms with Crippen LogP contribution in [-0.2, 0) is 9.59 Å². The number of aliphatic carboxylic acids is 1. The van der Waals surface area contributed by atoms with E-state index in [-0.39, 0.29) is 11.9 Å². The molecule has 1 aliphatic heterocycles. The van der Waals surface area contributed by atoms with E-state index < -0.39 is 23.9 Å².